The summed E-state index contributed by atoms with van der Waals surface area (Å²) in [7, 11) is 0. The minimum Gasteiger partial charge on any atom is -0.494 e. The van der Waals surface area contributed by atoms with E-state index in [0.717, 1.165) is 23.4 Å². The summed E-state index contributed by atoms with van der Waals surface area (Å²) in [6.45, 7) is 7.20. The fraction of sp³-hybridized carbons (Fsp3) is 0.414. The van der Waals surface area contributed by atoms with E-state index in [2.05, 4.69) is 28.8 Å². The summed E-state index contributed by atoms with van der Waals surface area (Å²) in [4.78, 5) is 20.1. The maximum absolute atomic E-state index is 13.3. The molecule has 1 N–H and O–H groups in total. The van der Waals surface area contributed by atoms with Gasteiger partial charge in [0.1, 0.15) is 23.3 Å². The zero-order valence-electron chi connectivity index (χ0n) is 21.9. The number of hydrogen-bond donors (Lipinski definition) is 1. The average Bonchev–Trinajstić information content (AvgIpc) is 3.34. The van der Waals surface area contributed by atoms with Crippen molar-refractivity contribution in [3.05, 3.63) is 82.8 Å². The Labute approximate surface area is 221 Å². The number of fused-ring (bicyclic) bond motifs is 1. The van der Waals surface area contributed by atoms with E-state index in [1.54, 1.807) is 16.8 Å². The van der Waals surface area contributed by atoms with Gasteiger partial charge in [0.25, 0.3) is 5.56 Å². The second-order valence-electron chi connectivity index (χ2n) is 10.6. The number of nitrogens with zero attached hydrogens (tertiary/aromatic N) is 5. The number of likely N-dealkylation sites (tertiary alicyclic amines) is 1. The van der Waals surface area contributed by atoms with Crippen LogP contribution in [0.1, 0.15) is 38.7 Å². The number of aliphatic hydroxyl groups is 1. The Balaban J connectivity index is 1.27. The zero-order valence-corrected chi connectivity index (χ0v) is 21.9. The minimum atomic E-state index is -1.00. The van der Waals surface area contributed by atoms with Crippen LogP contribution in [0, 0.1) is 11.7 Å². The molecule has 0 amide bonds. The first-order chi connectivity index (χ1) is 18.3. The van der Waals surface area contributed by atoms with Crippen LogP contribution in [0.15, 0.2) is 65.8 Å². The molecule has 0 bridgehead atoms. The number of aromatic nitrogens is 4. The number of hydrogen-bond acceptors (Lipinski definition) is 6. The number of piperidine rings is 1. The lowest BCUT2D eigenvalue weighted by atomic mass is 9.91. The monoisotopic (exact) mass is 519 g/mol. The molecule has 2 aromatic carbocycles. The van der Waals surface area contributed by atoms with Crippen LogP contribution in [0.2, 0.25) is 0 Å². The lowest BCUT2D eigenvalue weighted by Crippen LogP contribution is -2.47. The molecule has 8 nitrogen and oxygen atoms in total. The van der Waals surface area contributed by atoms with Crippen molar-refractivity contribution in [2.24, 2.45) is 5.92 Å². The molecular formula is C29H34FN5O3. The normalized spacial score (nSPS) is 15.8. The molecule has 0 saturated carbocycles. The first-order valence-corrected chi connectivity index (χ1v) is 13.2. The van der Waals surface area contributed by atoms with Crippen molar-refractivity contribution in [1.29, 1.82) is 0 Å². The van der Waals surface area contributed by atoms with Gasteiger partial charge in [0.2, 0.25) is 0 Å². The summed E-state index contributed by atoms with van der Waals surface area (Å²) in [5.41, 5.74) is 1.03. The molecule has 1 aliphatic rings. The Morgan fingerprint density at radius 3 is 2.63 bits per heavy atom. The van der Waals surface area contributed by atoms with E-state index in [0.29, 0.717) is 56.0 Å². The molecule has 2 aromatic heterocycles. The summed E-state index contributed by atoms with van der Waals surface area (Å²) < 4.78 is 22.2. The highest BCUT2D eigenvalue weighted by molar-refractivity contribution is 5.75. The van der Waals surface area contributed by atoms with Crippen LogP contribution in [0.3, 0.4) is 0 Å². The predicted molar refractivity (Wildman–Crippen MR) is 144 cm³/mol. The first kappa shape index (κ1) is 26.1. The molecule has 0 radical (unpaired) electrons. The molecule has 0 atom stereocenters. The third-order valence-electron chi connectivity index (χ3n) is 7.15. The Morgan fingerprint density at radius 2 is 1.89 bits per heavy atom. The van der Waals surface area contributed by atoms with E-state index in [1.807, 2.05) is 24.3 Å². The molecule has 1 fully saturated rings. The third-order valence-corrected chi connectivity index (χ3v) is 7.15. The standard InChI is InChI=1S/C29H34FN5O3/c1-21(2)10-15-38-25-5-3-4-24(16-25)35-27-26(17-32-35)28(36)34(20-31-27)19-29(37)11-13-33(14-12-29)18-22-6-8-23(30)9-7-22/h3-9,16-17,20-21,37H,10-15,18-19H2,1-2H3. The fourth-order valence-electron chi connectivity index (χ4n) is 4.82. The fourth-order valence-corrected chi connectivity index (χ4v) is 4.82. The Kier molecular flexibility index (Phi) is 7.58. The second kappa shape index (κ2) is 11.0. The van der Waals surface area contributed by atoms with Crippen LogP contribution >= 0.6 is 0 Å². The zero-order chi connectivity index (χ0) is 26.7. The summed E-state index contributed by atoms with van der Waals surface area (Å²) in [6.07, 6.45) is 5.05. The quantitative estimate of drug-likeness (QED) is 0.357. The van der Waals surface area contributed by atoms with E-state index in [1.165, 1.54) is 29.2 Å². The number of rotatable bonds is 9. The van der Waals surface area contributed by atoms with E-state index in [4.69, 9.17) is 4.74 Å². The van der Waals surface area contributed by atoms with Gasteiger partial charge in [-0.3, -0.25) is 14.3 Å². The van der Waals surface area contributed by atoms with Crippen molar-refractivity contribution in [3.8, 4) is 11.4 Å². The topological polar surface area (TPSA) is 85.4 Å². The molecule has 5 rings (SSSR count). The molecular weight excluding hydrogens is 485 g/mol. The van der Waals surface area contributed by atoms with Gasteiger partial charge < -0.3 is 9.84 Å². The van der Waals surface area contributed by atoms with Gasteiger partial charge >= 0.3 is 0 Å². The lowest BCUT2D eigenvalue weighted by Gasteiger charge is -2.38. The Bertz CT molecular complexity index is 1440. The first-order valence-electron chi connectivity index (χ1n) is 13.2. The van der Waals surface area contributed by atoms with E-state index < -0.39 is 5.60 Å². The molecule has 0 aliphatic carbocycles. The molecule has 1 aliphatic heterocycles. The maximum Gasteiger partial charge on any atom is 0.264 e. The lowest BCUT2D eigenvalue weighted by molar-refractivity contribution is -0.0364. The van der Waals surface area contributed by atoms with Gasteiger partial charge in [-0.2, -0.15) is 5.10 Å². The second-order valence-corrected chi connectivity index (χ2v) is 10.6. The highest BCUT2D eigenvalue weighted by Crippen LogP contribution is 2.25. The average molecular weight is 520 g/mol. The maximum atomic E-state index is 13.3. The number of ether oxygens (including phenoxy) is 1. The molecule has 3 heterocycles. The predicted octanol–water partition coefficient (Wildman–Crippen LogP) is 4.17. The van der Waals surface area contributed by atoms with Gasteiger partial charge in [0, 0.05) is 25.7 Å². The van der Waals surface area contributed by atoms with Crippen molar-refractivity contribution < 1.29 is 14.2 Å². The van der Waals surface area contributed by atoms with Crippen molar-refractivity contribution in [3.63, 3.8) is 0 Å². The van der Waals surface area contributed by atoms with E-state index >= 15 is 0 Å². The highest BCUT2D eigenvalue weighted by Gasteiger charge is 2.33. The van der Waals surface area contributed by atoms with Gasteiger partial charge in [-0.05, 0) is 55.0 Å². The largest absolute Gasteiger partial charge is 0.494 e. The molecule has 38 heavy (non-hydrogen) atoms. The summed E-state index contributed by atoms with van der Waals surface area (Å²) in [6, 6.07) is 14.1. The van der Waals surface area contributed by atoms with Crippen LogP contribution in [0.4, 0.5) is 4.39 Å². The van der Waals surface area contributed by atoms with E-state index in [-0.39, 0.29) is 17.9 Å². The van der Waals surface area contributed by atoms with E-state index in [9.17, 15) is 14.3 Å². The molecule has 0 spiro atoms. The van der Waals surface area contributed by atoms with Crippen LogP contribution in [-0.2, 0) is 13.1 Å². The Hall–Kier alpha value is -3.56. The summed E-state index contributed by atoms with van der Waals surface area (Å²) >= 11 is 0. The van der Waals surface area contributed by atoms with Gasteiger partial charge in [-0.15, -0.1) is 0 Å². The van der Waals surface area contributed by atoms with Crippen LogP contribution in [0.5, 0.6) is 5.75 Å². The van der Waals surface area contributed by atoms with Crippen molar-refractivity contribution in [2.45, 2.75) is 51.8 Å². The van der Waals surface area contributed by atoms with Gasteiger partial charge in [-0.25, -0.2) is 14.1 Å². The van der Waals surface area contributed by atoms with Gasteiger partial charge in [0.05, 0.1) is 30.6 Å². The van der Waals surface area contributed by atoms with Crippen molar-refractivity contribution in [2.75, 3.05) is 19.7 Å². The smallest absolute Gasteiger partial charge is 0.264 e. The van der Waals surface area contributed by atoms with Gasteiger partial charge in [-0.1, -0.05) is 32.0 Å². The molecule has 4 aromatic rings. The number of benzene rings is 2. The molecule has 9 heteroatoms. The molecule has 200 valence electrons. The summed E-state index contributed by atoms with van der Waals surface area (Å²) in [5.74, 6) is 1.06. The third kappa shape index (κ3) is 5.95. The van der Waals surface area contributed by atoms with Crippen LogP contribution in [0.25, 0.3) is 16.7 Å². The van der Waals surface area contributed by atoms with Crippen LogP contribution < -0.4 is 10.3 Å². The summed E-state index contributed by atoms with van der Waals surface area (Å²) in [5, 5.41) is 16.1. The van der Waals surface area contributed by atoms with Crippen molar-refractivity contribution in [1.82, 2.24) is 24.2 Å². The minimum absolute atomic E-state index is 0.170. The van der Waals surface area contributed by atoms with Gasteiger partial charge in [0.15, 0.2) is 5.65 Å². The molecule has 0 unspecified atom stereocenters. The van der Waals surface area contributed by atoms with Crippen LogP contribution in [-0.4, -0.2) is 54.6 Å². The molecule has 1 saturated heterocycles. The van der Waals surface area contributed by atoms with Crippen molar-refractivity contribution >= 4 is 11.0 Å². The SMILES string of the molecule is CC(C)CCOc1cccc(-n2ncc3c(=O)n(CC4(O)CCN(Cc5ccc(F)cc5)CC4)cnc32)c1. The number of halogens is 1. The highest BCUT2D eigenvalue weighted by atomic mass is 19.1. The Morgan fingerprint density at radius 1 is 1.13 bits per heavy atom.